The number of aromatic nitrogens is 1. The summed E-state index contributed by atoms with van der Waals surface area (Å²) in [6.45, 7) is 2.82. The van der Waals surface area contributed by atoms with E-state index in [0.717, 1.165) is 19.3 Å². The lowest BCUT2D eigenvalue weighted by Crippen LogP contribution is -2.28. The van der Waals surface area contributed by atoms with Gasteiger partial charge in [-0.2, -0.15) is 5.12 Å². The molecule has 0 radical (unpaired) electrons. The van der Waals surface area contributed by atoms with Crippen molar-refractivity contribution in [1.82, 2.24) is 4.68 Å². The number of nitrogens with zero attached hydrogens (tertiary/aromatic N) is 3. The van der Waals surface area contributed by atoms with Gasteiger partial charge in [-0.05, 0) is 18.6 Å². The van der Waals surface area contributed by atoms with Crippen LogP contribution in [0.1, 0.15) is 26.2 Å². The van der Waals surface area contributed by atoms with Crippen molar-refractivity contribution in [3.05, 3.63) is 29.4 Å². The van der Waals surface area contributed by atoms with Gasteiger partial charge in [0.25, 0.3) is 0 Å². The molecule has 0 amide bonds. The van der Waals surface area contributed by atoms with Crippen molar-refractivity contribution in [3.8, 4) is 0 Å². The Morgan fingerprint density at radius 1 is 1.31 bits per heavy atom. The molecule has 0 saturated carbocycles. The molecule has 1 aromatic rings. The van der Waals surface area contributed by atoms with Crippen LogP contribution in [-0.2, 0) is 0 Å². The number of unbranched alkanes of at least 4 members (excludes halogenated alkanes) is 2. The smallest absolute Gasteiger partial charge is 0.0736 e. The van der Waals surface area contributed by atoms with Gasteiger partial charge in [-0.1, -0.05) is 19.8 Å². The van der Waals surface area contributed by atoms with Crippen LogP contribution < -0.4 is 5.12 Å². The van der Waals surface area contributed by atoms with Crippen LogP contribution >= 0.6 is 0 Å². The number of hydrogen-bond acceptors (Lipinski definition) is 2. The highest BCUT2D eigenvalue weighted by Gasteiger charge is 2.02. The fraction of sp³-hybridized carbons (Fsp3) is 0.556. The topological polar surface area (TPSA) is 37.6 Å². The summed E-state index contributed by atoms with van der Waals surface area (Å²) in [4.78, 5) is 10.5. The van der Waals surface area contributed by atoms with E-state index in [-0.39, 0.29) is 0 Å². The van der Waals surface area contributed by atoms with E-state index in [1.165, 1.54) is 5.12 Å². The lowest BCUT2D eigenvalue weighted by molar-refractivity contribution is 0.567. The first-order valence-corrected chi connectivity index (χ1v) is 4.62. The van der Waals surface area contributed by atoms with E-state index in [9.17, 15) is 4.91 Å². The maximum atomic E-state index is 10.5. The first kappa shape index (κ1) is 9.77. The van der Waals surface area contributed by atoms with Crippen LogP contribution in [0.15, 0.2) is 29.8 Å². The van der Waals surface area contributed by atoms with Crippen LogP contribution in [0.25, 0.3) is 0 Å². The molecule has 0 bridgehead atoms. The molecule has 4 heteroatoms. The van der Waals surface area contributed by atoms with Crippen molar-refractivity contribution >= 4 is 0 Å². The number of nitroso groups, excluding NO2 is 1. The second-order valence-electron chi connectivity index (χ2n) is 2.95. The second-order valence-corrected chi connectivity index (χ2v) is 2.95. The fourth-order valence-corrected chi connectivity index (χ4v) is 1.18. The van der Waals surface area contributed by atoms with Crippen molar-refractivity contribution < 1.29 is 0 Å². The summed E-state index contributed by atoms with van der Waals surface area (Å²) < 4.78 is 1.70. The summed E-state index contributed by atoms with van der Waals surface area (Å²) in [5.74, 6) is 0. The van der Waals surface area contributed by atoms with Crippen molar-refractivity contribution in [1.29, 1.82) is 0 Å². The van der Waals surface area contributed by atoms with Crippen LogP contribution in [0.2, 0.25) is 0 Å². The monoisotopic (exact) mass is 181 g/mol. The van der Waals surface area contributed by atoms with Crippen LogP contribution in [-0.4, -0.2) is 11.2 Å². The van der Waals surface area contributed by atoms with Gasteiger partial charge in [0.05, 0.1) is 11.8 Å². The summed E-state index contributed by atoms with van der Waals surface area (Å²) in [5, 5.41) is 4.37. The maximum Gasteiger partial charge on any atom is 0.0736 e. The standard InChI is InChI=1S/C9H15N3O/c1-2-3-4-9-12(10-13)11-7-5-6-8-11/h5-8H,2-4,9H2,1H3. The lowest BCUT2D eigenvalue weighted by Gasteiger charge is -2.15. The molecule has 0 spiro atoms. The third kappa shape index (κ3) is 2.89. The van der Waals surface area contributed by atoms with Gasteiger partial charge in [0.2, 0.25) is 0 Å². The van der Waals surface area contributed by atoms with E-state index >= 15 is 0 Å². The normalized spacial score (nSPS) is 9.92. The summed E-state index contributed by atoms with van der Waals surface area (Å²) in [5.41, 5.74) is 0. The van der Waals surface area contributed by atoms with Gasteiger partial charge in [-0.3, -0.25) is 0 Å². The van der Waals surface area contributed by atoms with Crippen molar-refractivity contribution in [2.24, 2.45) is 5.29 Å². The summed E-state index contributed by atoms with van der Waals surface area (Å²) >= 11 is 0. The average molecular weight is 181 g/mol. The van der Waals surface area contributed by atoms with Crippen LogP contribution in [0.5, 0.6) is 0 Å². The zero-order chi connectivity index (χ0) is 9.52. The Morgan fingerprint density at radius 2 is 2.00 bits per heavy atom. The molecule has 0 atom stereocenters. The molecule has 4 nitrogen and oxygen atoms in total. The molecule has 72 valence electrons. The van der Waals surface area contributed by atoms with E-state index in [0.29, 0.717) is 6.54 Å². The minimum absolute atomic E-state index is 0.687. The van der Waals surface area contributed by atoms with E-state index in [1.54, 1.807) is 4.68 Å². The molecule has 0 unspecified atom stereocenters. The fourth-order valence-electron chi connectivity index (χ4n) is 1.18. The number of rotatable bonds is 6. The highest BCUT2D eigenvalue weighted by molar-refractivity contribution is 4.95. The van der Waals surface area contributed by atoms with Gasteiger partial charge >= 0.3 is 0 Å². The molecule has 0 fully saturated rings. The molecule has 0 aliphatic rings. The summed E-state index contributed by atoms with van der Waals surface area (Å²) in [7, 11) is 0. The van der Waals surface area contributed by atoms with Crippen molar-refractivity contribution in [3.63, 3.8) is 0 Å². The first-order chi connectivity index (χ1) is 6.38. The molecule has 0 saturated heterocycles. The molecule has 0 N–H and O–H groups in total. The van der Waals surface area contributed by atoms with Crippen molar-refractivity contribution in [2.75, 3.05) is 11.7 Å². The third-order valence-electron chi connectivity index (χ3n) is 1.91. The van der Waals surface area contributed by atoms with Crippen LogP contribution in [0, 0.1) is 4.91 Å². The molecule has 0 aliphatic heterocycles. The maximum absolute atomic E-state index is 10.5. The molecular weight excluding hydrogens is 166 g/mol. The Balaban J connectivity index is 2.40. The zero-order valence-corrected chi connectivity index (χ0v) is 7.89. The molecule has 0 aliphatic carbocycles. The van der Waals surface area contributed by atoms with E-state index in [4.69, 9.17) is 0 Å². The zero-order valence-electron chi connectivity index (χ0n) is 7.89. The Labute approximate surface area is 78.1 Å². The van der Waals surface area contributed by atoms with Crippen LogP contribution in [0.3, 0.4) is 0 Å². The summed E-state index contributed by atoms with van der Waals surface area (Å²) in [6.07, 6.45) is 6.91. The van der Waals surface area contributed by atoms with Gasteiger partial charge in [0, 0.05) is 12.4 Å². The predicted octanol–water partition coefficient (Wildman–Crippen LogP) is 2.30. The largest absolute Gasteiger partial charge is 0.250 e. The minimum atomic E-state index is 0.687. The summed E-state index contributed by atoms with van der Waals surface area (Å²) in [6, 6.07) is 3.75. The quantitative estimate of drug-likeness (QED) is 0.383. The van der Waals surface area contributed by atoms with Gasteiger partial charge in [-0.15, -0.1) is 4.91 Å². The lowest BCUT2D eigenvalue weighted by atomic mass is 10.2. The third-order valence-corrected chi connectivity index (χ3v) is 1.91. The Hall–Kier alpha value is -1.32. The highest BCUT2D eigenvalue weighted by Crippen LogP contribution is 1.99. The highest BCUT2D eigenvalue weighted by atomic mass is 16.3. The molecule has 1 aromatic heterocycles. The molecule has 1 rings (SSSR count). The molecule has 0 aromatic carbocycles. The SMILES string of the molecule is CCCCCN(N=O)n1cccc1. The minimum Gasteiger partial charge on any atom is -0.250 e. The number of hydrogen-bond donors (Lipinski definition) is 0. The van der Waals surface area contributed by atoms with Gasteiger partial charge in [0.15, 0.2) is 0 Å². The Bertz CT molecular complexity index is 233. The van der Waals surface area contributed by atoms with E-state index in [2.05, 4.69) is 12.2 Å². The predicted molar refractivity (Wildman–Crippen MR) is 52.8 cm³/mol. The van der Waals surface area contributed by atoms with Crippen LogP contribution in [0.4, 0.5) is 0 Å². The average Bonchev–Trinajstić information content (AvgIpc) is 2.65. The van der Waals surface area contributed by atoms with Gasteiger partial charge in [-0.25, -0.2) is 4.68 Å². The van der Waals surface area contributed by atoms with Gasteiger partial charge in [0.1, 0.15) is 0 Å². The molecular formula is C9H15N3O. The van der Waals surface area contributed by atoms with E-state index in [1.807, 2.05) is 24.5 Å². The Morgan fingerprint density at radius 3 is 2.54 bits per heavy atom. The van der Waals surface area contributed by atoms with Crippen molar-refractivity contribution in [2.45, 2.75) is 26.2 Å². The second kappa shape index (κ2) is 5.35. The molecule has 13 heavy (non-hydrogen) atoms. The first-order valence-electron chi connectivity index (χ1n) is 4.62. The molecule has 1 heterocycles. The van der Waals surface area contributed by atoms with Gasteiger partial charge < -0.3 is 0 Å². The Kier molecular flexibility index (Phi) is 4.02. The van der Waals surface area contributed by atoms with E-state index < -0.39 is 0 Å².